The first-order valence-corrected chi connectivity index (χ1v) is 8.57. The Balaban J connectivity index is 1.96. The van der Waals surface area contributed by atoms with Gasteiger partial charge < -0.3 is 20.3 Å². The van der Waals surface area contributed by atoms with Gasteiger partial charge in [-0.3, -0.25) is 9.78 Å². The topological polar surface area (TPSA) is 105 Å². The molecular weight excluding hydrogens is 320 g/mol. The summed E-state index contributed by atoms with van der Waals surface area (Å²) in [5.74, 6) is 0.819. The first-order chi connectivity index (χ1) is 12.0. The molecule has 1 fully saturated rings. The first-order valence-electron chi connectivity index (χ1n) is 8.57. The number of aliphatic hydroxyl groups is 1. The molecule has 0 spiro atoms. The van der Waals surface area contributed by atoms with Crippen LogP contribution < -0.4 is 5.73 Å². The van der Waals surface area contributed by atoms with Crippen molar-refractivity contribution in [1.29, 1.82) is 0 Å². The quantitative estimate of drug-likeness (QED) is 0.871. The Hall–Kier alpha value is -2.25. The zero-order valence-corrected chi connectivity index (χ0v) is 14.7. The van der Waals surface area contributed by atoms with Crippen LogP contribution >= 0.6 is 0 Å². The van der Waals surface area contributed by atoms with Gasteiger partial charge in [-0.1, -0.05) is 11.2 Å². The van der Waals surface area contributed by atoms with Gasteiger partial charge in [-0.25, -0.2) is 0 Å². The highest BCUT2D eigenvalue weighted by atomic mass is 16.5. The first kappa shape index (κ1) is 17.6. The molecule has 0 unspecified atom stereocenters. The highest BCUT2D eigenvalue weighted by molar-refractivity contribution is 5.78. The summed E-state index contributed by atoms with van der Waals surface area (Å²) in [6, 6.07) is 3.83. The van der Waals surface area contributed by atoms with Gasteiger partial charge in [0.25, 0.3) is 0 Å². The van der Waals surface area contributed by atoms with Gasteiger partial charge in [0.1, 0.15) is 5.76 Å². The van der Waals surface area contributed by atoms with Gasteiger partial charge in [0.2, 0.25) is 5.91 Å². The predicted molar refractivity (Wildman–Crippen MR) is 92.7 cm³/mol. The second-order valence-electron chi connectivity index (χ2n) is 6.48. The molecule has 25 heavy (non-hydrogen) atoms. The molecule has 3 N–H and O–H groups in total. The molecule has 7 nitrogen and oxygen atoms in total. The lowest BCUT2D eigenvalue weighted by molar-refractivity contribution is -0.130. The highest BCUT2D eigenvalue weighted by Gasteiger charge is 2.26. The second kappa shape index (κ2) is 7.33. The van der Waals surface area contributed by atoms with E-state index in [4.69, 9.17) is 15.2 Å². The molecule has 1 aliphatic heterocycles. The molecule has 1 saturated heterocycles. The minimum absolute atomic E-state index is 0.0253. The van der Waals surface area contributed by atoms with E-state index in [-0.39, 0.29) is 25.0 Å². The van der Waals surface area contributed by atoms with Gasteiger partial charge >= 0.3 is 0 Å². The summed E-state index contributed by atoms with van der Waals surface area (Å²) in [7, 11) is 0. The molecule has 2 aromatic heterocycles. The fourth-order valence-corrected chi connectivity index (χ4v) is 3.47. The van der Waals surface area contributed by atoms with E-state index in [2.05, 4.69) is 5.16 Å². The average Bonchev–Trinajstić information content (AvgIpc) is 2.98. The molecule has 3 heterocycles. The van der Waals surface area contributed by atoms with E-state index in [1.54, 1.807) is 0 Å². The standard InChI is InChI=1S/C18H24N4O3/c1-11-17(12(2)25-21-11)18-14(10-23)5-6-15(20-18)13-4-3-7-22(9-13)16(24)8-19/h5-6,13,23H,3-4,7-10,19H2,1-2H3/t13-/m0/s1. The number of carbonyl (C=O) groups excluding carboxylic acids is 1. The van der Waals surface area contributed by atoms with Gasteiger partial charge in [0, 0.05) is 30.3 Å². The van der Waals surface area contributed by atoms with Crippen molar-refractivity contribution < 1.29 is 14.4 Å². The summed E-state index contributed by atoms with van der Waals surface area (Å²) < 4.78 is 5.26. The van der Waals surface area contributed by atoms with Gasteiger partial charge in [0.05, 0.1) is 30.1 Å². The maximum atomic E-state index is 11.9. The molecule has 134 valence electrons. The molecule has 1 atom stereocenters. The number of aryl methyl sites for hydroxylation is 2. The Morgan fingerprint density at radius 3 is 2.88 bits per heavy atom. The summed E-state index contributed by atoms with van der Waals surface area (Å²) in [6.07, 6.45) is 1.90. The largest absolute Gasteiger partial charge is 0.392 e. The fourth-order valence-electron chi connectivity index (χ4n) is 3.47. The number of carbonyl (C=O) groups is 1. The number of aromatic nitrogens is 2. The van der Waals surface area contributed by atoms with Gasteiger partial charge in [-0.15, -0.1) is 0 Å². The zero-order chi connectivity index (χ0) is 18.0. The molecule has 0 saturated carbocycles. The van der Waals surface area contributed by atoms with Crippen LogP contribution in [0.25, 0.3) is 11.3 Å². The SMILES string of the molecule is Cc1noc(C)c1-c1nc([C@H]2CCCN(C(=O)CN)C2)ccc1CO. The van der Waals surface area contributed by atoms with Gasteiger partial charge in [0.15, 0.2) is 0 Å². The summed E-state index contributed by atoms with van der Waals surface area (Å²) in [6.45, 7) is 5.01. The highest BCUT2D eigenvalue weighted by Crippen LogP contribution is 2.32. The van der Waals surface area contributed by atoms with E-state index < -0.39 is 0 Å². The van der Waals surface area contributed by atoms with E-state index in [0.29, 0.717) is 18.0 Å². The number of nitrogens with two attached hydrogens (primary N) is 1. The van der Waals surface area contributed by atoms with Crippen LogP contribution in [0.2, 0.25) is 0 Å². The Bertz CT molecular complexity index is 752. The summed E-state index contributed by atoms with van der Waals surface area (Å²) in [4.78, 5) is 18.5. The molecule has 1 aliphatic rings. The van der Waals surface area contributed by atoms with Crippen LogP contribution in [0.15, 0.2) is 16.7 Å². The van der Waals surface area contributed by atoms with Crippen LogP contribution in [-0.2, 0) is 11.4 Å². The number of aliphatic hydroxyl groups excluding tert-OH is 1. The van der Waals surface area contributed by atoms with Crippen LogP contribution in [0.1, 0.15) is 41.5 Å². The Morgan fingerprint density at radius 2 is 2.24 bits per heavy atom. The number of hydrogen-bond donors (Lipinski definition) is 2. The summed E-state index contributed by atoms with van der Waals surface area (Å²) in [5.41, 5.74) is 9.44. The number of piperidine rings is 1. The maximum Gasteiger partial charge on any atom is 0.236 e. The van der Waals surface area contributed by atoms with Crippen LogP contribution in [0.5, 0.6) is 0 Å². The summed E-state index contributed by atoms with van der Waals surface area (Å²) >= 11 is 0. The second-order valence-corrected chi connectivity index (χ2v) is 6.48. The smallest absolute Gasteiger partial charge is 0.236 e. The van der Waals surface area contributed by atoms with Crippen molar-refractivity contribution in [2.45, 2.75) is 39.2 Å². The van der Waals surface area contributed by atoms with Crippen LogP contribution in [0.4, 0.5) is 0 Å². The molecule has 1 amide bonds. The molecule has 0 aliphatic carbocycles. The summed E-state index contributed by atoms with van der Waals surface area (Å²) in [5, 5.41) is 13.7. The van der Waals surface area contributed by atoms with E-state index in [1.165, 1.54) is 0 Å². The normalized spacial score (nSPS) is 17.8. The Morgan fingerprint density at radius 1 is 1.44 bits per heavy atom. The number of likely N-dealkylation sites (tertiary alicyclic amines) is 1. The van der Waals surface area contributed by atoms with Crippen molar-refractivity contribution in [2.75, 3.05) is 19.6 Å². The molecule has 0 aromatic carbocycles. The molecule has 0 bridgehead atoms. The third-order valence-electron chi connectivity index (χ3n) is 4.81. The van der Waals surface area contributed by atoms with Crippen molar-refractivity contribution in [3.05, 3.63) is 34.8 Å². The minimum atomic E-state index is -0.102. The minimum Gasteiger partial charge on any atom is -0.392 e. The Labute approximate surface area is 146 Å². The average molecular weight is 344 g/mol. The number of pyridine rings is 1. The van der Waals surface area contributed by atoms with Crippen molar-refractivity contribution >= 4 is 5.91 Å². The fraction of sp³-hybridized carbons (Fsp3) is 0.500. The Kier molecular flexibility index (Phi) is 5.15. The number of nitrogens with zero attached hydrogens (tertiary/aromatic N) is 3. The van der Waals surface area contributed by atoms with Gasteiger partial charge in [-0.05, 0) is 32.8 Å². The lowest BCUT2D eigenvalue weighted by atomic mass is 9.93. The third kappa shape index (κ3) is 3.43. The van der Waals surface area contributed by atoms with Crippen LogP contribution in [0.3, 0.4) is 0 Å². The monoisotopic (exact) mass is 344 g/mol. The van der Waals surface area contributed by atoms with Crippen molar-refractivity contribution in [3.63, 3.8) is 0 Å². The number of hydrogen-bond acceptors (Lipinski definition) is 6. The van der Waals surface area contributed by atoms with Gasteiger partial charge in [-0.2, -0.15) is 0 Å². The van der Waals surface area contributed by atoms with Crippen LogP contribution in [-0.4, -0.2) is 45.7 Å². The molecular formula is C18H24N4O3. The van der Waals surface area contributed by atoms with Crippen molar-refractivity contribution in [3.8, 4) is 11.3 Å². The third-order valence-corrected chi connectivity index (χ3v) is 4.81. The van der Waals surface area contributed by atoms with E-state index in [9.17, 15) is 9.90 Å². The number of rotatable bonds is 4. The predicted octanol–water partition coefficient (Wildman–Crippen LogP) is 1.51. The lowest BCUT2D eigenvalue weighted by Crippen LogP contribution is -2.42. The van der Waals surface area contributed by atoms with Crippen LogP contribution in [0, 0.1) is 13.8 Å². The molecule has 3 rings (SSSR count). The zero-order valence-electron chi connectivity index (χ0n) is 14.7. The molecule has 7 heteroatoms. The van der Waals surface area contributed by atoms with Crippen molar-refractivity contribution in [1.82, 2.24) is 15.0 Å². The molecule has 2 aromatic rings. The number of amides is 1. The maximum absolute atomic E-state index is 11.9. The van der Waals surface area contributed by atoms with E-state index >= 15 is 0 Å². The van der Waals surface area contributed by atoms with Crippen molar-refractivity contribution in [2.24, 2.45) is 5.73 Å². The van der Waals surface area contributed by atoms with E-state index in [1.807, 2.05) is 30.9 Å². The molecule has 0 radical (unpaired) electrons. The lowest BCUT2D eigenvalue weighted by Gasteiger charge is -2.32. The van der Waals surface area contributed by atoms with E-state index in [0.717, 1.165) is 41.9 Å².